The number of esters is 1. The maximum absolute atomic E-state index is 13.2. The number of amides is 1. The van der Waals surface area contributed by atoms with Crippen LogP contribution in [-0.2, 0) is 16.0 Å². The molecule has 0 heterocycles. The maximum Gasteiger partial charge on any atom is 0.340 e. The number of phenolic OH excluding ortho intramolecular Hbond substituents is 1. The first kappa shape index (κ1) is 25.0. The molecule has 6 nitrogen and oxygen atoms in total. The standard InChI is InChI=1S/C26H29BrClNO5/c1-25(2)16-10-11-26(25,3)21(13-16)34-24(32)18-6-4-5-7-20(18)29(33)22(30)9-8-15-12-17(27)14-19(28)23(15)31/h4-7,12,14,16,21,31,33H,8-11,13H2,1-3H3. The lowest BCUT2D eigenvalue weighted by molar-refractivity contribution is -0.123. The first-order valence-corrected chi connectivity index (χ1v) is 12.6. The number of hydroxylamine groups is 1. The Balaban J connectivity index is 1.48. The molecule has 0 aromatic heterocycles. The lowest BCUT2D eigenvalue weighted by Gasteiger charge is -2.38. The number of hydrogen-bond acceptors (Lipinski definition) is 5. The Morgan fingerprint density at radius 3 is 2.59 bits per heavy atom. The molecule has 182 valence electrons. The average Bonchev–Trinajstić information content (AvgIpc) is 3.13. The number of benzene rings is 2. The van der Waals surface area contributed by atoms with Crippen molar-refractivity contribution < 1.29 is 24.6 Å². The minimum absolute atomic E-state index is 0.0709. The Labute approximate surface area is 212 Å². The molecule has 2 aliphatic rings. The number of rotatable bonds is 6. The van der Waals surface area contributed by atoms with E-state index in [1.165, 1.54) is 6.07 Å². The van der Waals surface area contributed by atoms with Gasteiger partial charge in [-0.2, -0.15) is 5.06 Å². The van der Waals surface area contributed by atoms with Crippen molar-refractivity contribution in [2.75, 3.05) is 5.06 Å². The summed E-state index contributed by atoms with van der Waals surface area (Å²) in [6, 6.07) is 9.60. The summed E-state index contributed by atoms with van der Waals surface area (Å²) in [6.07, 6.45) is 2.85. The van der Waals surface area contributed by atoms with Gasteiger partial charge in [-0.25, -0.2) is 4.79 Å². The molecule has 3 unspecified atom stereocenters. The Morgan fingerprint density at radius 1 is 1.24 bits per heavy atom. The molecule has 2 aliphatic carbocycles. The van der Waals surface area contributed by atoms with E-state index < -0.39 is 11.9 Å². The van der Waals surface area contributed by atoms with Crippen molar-refractivity contribution >= 4 is 45.1 Å². The highest BCUT2D eigenvalue weighted by molar-refractivity contribution is 9.10. The van der Waals surface area contributed by atoms with E-state index in [2.05, 4.69) is 36.7 Å². The van der Waals surface area contributed by atoms with Gasteiger partial charge < -0.3 is 9.84 Å². The second-order valence-corrected chi connectivity index (χ2v) is 11.4. The Bertz CT molecular complexity index is 1140. The van der Waals surface area contributed by atoms with E-state index >= 15 is 0 Å². The van der Waals surface area contributed by atoms with Gasteiger partial charge in [0.1, 0.15) is 11.9 Å². The van der Waals surface area contributed by atoms with Crippen LogP contribution in [0, 0.1) is 16.7 Å². The van der Waals surface area contributed by atoms with Crippen LogP contribution in [0.5, 0.6) is 5.75 Å². The third kappa shape index (κ3) is 4.23. The number of fused-ring (bicyclic) bond motifs is 2. The van der Waals surface area contributed by atoms with Gasteiger partial charge in [0.05, 0.1) is 16.3 Å². The van der Waals surface area contributed by atoms with Crippen molar-refractivity contribution in [3.05, 3.63) is 57.0 Å². The fourth-order valence-electron chi connectivity index (χ4n) is 5.62. The number of halogens is 2. The highest BCUT2D eigenvalue weighted by atomic mass is 79.9. The molecule has 34 heavy (non-hydrogen) atoms. The fourth-order valence-corrected chi connectivity index (χ4v) is 6.50. The Hall–Kier alpha value is -2.09. The van der Waals surface area contributed by atoms with Gasteiger partial charge in [-0.15, -0.1) is 0 Å². The SMILES string of the molecule is CC1(C)C2CCC1(C)C(OC(=O)c1ccccc1N(O)C(=O)CCc1cc(Br)cc(Cl)c1O)C2. The molecule has 2 aromatic rings. The van der Waals surface area contributed by atoms with Crippen LogP contribution in [0.4, 0.5) is 5.69 Å². The number of hydrogen-bond donors (Lipinski definition) is 2. The van der Waals surface area contributed by atoms with Gasteiger partial charge in [0.25, 0.3) is 5.91 Å². The van der Waals surface area contributed by atoms with Gasteiger partial charge in [-0.05, 0) is 66.8 Å². The van der Waals surface area contributed by atoms with Crippen LogP contribution in [0.15, 0.2) is 40.9 Å². The summed E-state index contributed by atoms with van der Waals surface area (Å²) < 4.78 is 6.64. The first-order chi connectivity index (χ1) is 16.0. The smallest absolute Gasteiger partial charge is 0.340 e. The van der Waals surface area contributed by atoms with E-state index in [-0.39, 0.29) is 51.8 Å². The molecular formula is C26H29BrClNO5. The highest BCUT2D eigenvalue weighted by Gasteiger charge is 2.62. The lowest BCUT2D eigenvalue weighted by atomic mass is 9.70. The number of aryl methyl sites for hydroxylation is 1. The molecule has 2 N–H and O–H groups in total. The van der Waals surface area contributed by atoms with E-state index in [0.717, 1.165) is 19.3 Å². The lowest BCUT2D eigenvalue weighted by Crippen LogP contribution is -2.38. The van der Waals surface area contributed by atoms with Gasteiger partial charge in [0, 0.05) is 16.3 Å². The minimum Gasteiger partial charge on any atom is -0.506 e. The van der Waals surface area contributed by atoms with Crippen molar-refractivity contribution in [1.29, 1.82) is 0 Å². The predicted molar refractivity (Wildman–Crippen MR) is 133 cm³/mol. The fraction of sp³-hybridized carbons (Fsp3) is 0.462. The average molecular weight is 551 g/mol. The highest BCUT2D eigenvalue weighted by Crippen LogP contribution is 2.66. The Kier molecular flexibility index (Phi) is 6.75. The van der Waals surface area contributed by atoms with E-state index in [0.29, 0.717) is 21.0 Å². The number of phenols is 1. The third-order valence-electron chi connectivity index (χ3n) is 8.27. The predicted octanol–water partition coefficient (Wildman–Crippen LogP) is 6.53. The van der Waals surface area contributed by atoms with Crippen LogP contribution in [0.25, 0.3) is 0 Å². The van der Waals surface area contributed by atoms with Crippen LogP contribution < -0.4 is 5.06 Å². The number of ether oxygens (including phenoxy) is 1. The summed E-state index contributed by atoms with van der Waals surface area (Å²) >= 11 is 9.31. The molecule has 3 atom stereocenters. The largest absolute Gasteiger partial charge is 0.506 e. The second-order valence-electron chi connectivity index (χ2n) is 10.1. The monoisotopic (exact) mass is 549 g/mol. The maximum atomic E-state index is 13.2. The quantitative estimate of drug-likeness (QED) is 0.242. The first-order valence-electron chi connectivity index (χ1n) is 11.4. The summed E-state index contributed by atoms with van der Waals surface area (Å²) in [5.74, 6) is -0.755. The van der Waals surface area contributed by atoms with Gasteiger partial charge in [-0.1, -0.05) is 60.4 Å². The Morgan fingerprint density at radius 2 is 1.94 bits per heavy atom. The molecule has 1 amide bonds. The van der Waals surface area contributed by atoms with Crippen LogP contribution in [0.3, 0.4) is 0 Å². The van der Waals surface area contributed by atoms with Gasteiger partial charge in [-0.3, -0.25) is 10.0 Å². The van der Waals surface area contributed by atoms with Crippen molar-refractivity contribution in [3.8, 4) is 5.75 Å². The summed E-state index contributed by atoms with van der Waals surface area (Å²) in [5.41, 5.74) is 0.681. The van der Waals surface area contributed by atoms with Crippen LogP contribution in [-0.4, -0.2) is 28.3 Å². The summed E-state index contributed by atoms with van der Waals surface area (Å²) in [6.45, 7) is 6.68. The number of anilines is 1. The number of nitrogens with zero attached hydrogens (tertiary/aromatic N) is 1. The second kappa shape index (κ2) is 9.17. The van der Waals surface area contributed by atoms with Crippen molar-refractivity contribution in [1.82, 2.24) is 0 Å². The molecule has 4 rings (SSSR count). The number of para-hydroxylation sites is 1. The molecule has 2 saturated carbocycles. The third-order valence-corrected chi connectivity index (χ3v) is 9.01. The number of carbonyl (C=O) groups is 2. The molecule has 0 saturated heterocycles. The van der Waals surface area contributed by atoms with Crippen molar-refractivity contribution in [2.24, 2.45) is 16.7 Å². The zero-order valence-electron chi connectivity index (χ0n) is 19.5. The normalized spacial score (nSPS) is 24.8. The van der Waals surface area contributed by atoms with Gasteiger partial charge in [0.15, 0.2) is 0 Å². The van der Waals surface area contributed by atoms with Crippen molar-refractivity contribution in [2.45, 2.75) is 59.0 Å². The molecule has 2 aromatic carbocycles. The van der Waals surface area contributed by atoms with Crippen LogP contribution in [0.1, 0.15) is 62.4 Å². The van der Waals surface area contributed by atoms with E-state index in [1.54, 1.807) is 30.3 Å². The van der Waals surface area contributed by atoms with E-state index in [1.807, 2.05) is 0 Å². The molecular weight excluding hydrogens is 522 g/mol. The summed E-state index contributed by atoms with van der Waals surface area (Å²) in [4.78, 5) is 25.9. The topological polar surface area (TPSA) is 87.1 Å². The molecule has 8 heteroatoms. The zero-order valence-corrected chi connectivity index (χ0v) is 21.8. The molecule has 2 bridgehead atoms. The summed E-state index contributed by atoms with van der Waals surface area (Å²) in [5, 5.41) is 21.5. The van der Waals surface area contributed by atoms with E-state index in [9.17, 15) is 19.9 Å². The van der Waals surface area contributed by atoms with E-state index in [4.69, 9.17) is 16.3 Å². The number of aromatic hydroxyl groups is 1. The summed E-state index contributed by atoms with van der Waals surface area (Å²) in [7, 11) is 0. The van der Waals surface area contributed by atoms with Gasteiger partial charge >= 0.3 is 5.97 Å². The molecule has 0 spiro atoms. The van der Waals surface area contributed by atoms with Crippen molar-refractivity contribution in [3.63, 3.8) is 0 Å². The zero-order chi connectivity index (χ0) is 24.8. The minimum atomic E-state index is -0.622. The van der Waals surface area contributed by atoms with Crippen LogP contribution in [0.2, 0.25) is 5.02 Å². The van der Waals surface area contributed by atoms with Crippen LogP contribution >= 0.6 is 27.5 Å². The molecule has 2 fully saturated rings. The van der Waals surface area contributed by atoms with Gasteiger partial charge in [0.2, 0.25) is 0 Å². The number of carbonyl (C=O) groups excluding carboxylic acids is 2. The molecule has 0 radical (unpaired) electrons. The molecule has 0 aliphatic heterocycles.